The molecular weight excluding hydrogens is 226 g/mol. The molecule has 0 spiro atoms. The van der Waals surface area contributed by atoms with Crippen LogP contribution >= 0.6 is 0 Å². The van der Waals surface area contributed by atoms with E-state index in [1.54, 1.807) is 0 Å². The van der Waals surface area contributed by atoms with Crippen LogP contribution in [0.2, 0.25) is 0 Å². The van der Waals surface area contributed by atoms with Crippen molar-refractivity contribution in [3.8, 4) is 0 Å². The molecule has 1 saturated carbocycles. The van der Waals surface area contributed by atoms with Crippen molar-refractivity contribution in [1.29, 1.82) is 0 Å². The van der Waals surface area contributed by atoms with Gasteiger partial charge in [-0.15, -0.1) is 0 Å². The summed E-state index contributed by atoms with van der Waals surface area (Å²) in [5, 5.41) is 11.4. The molecule has 1 aliphatic carbocycles. The monoisotopic (exact) mass is 243 g/mol. The van der Waals surface area contributed by atoms with E-state index in [-0.39, 0.29) is 5.91 Å². The summed E-state index contributed by atoms with van der Waals surface area (Å²) in [6.45, 7) is 1.51. The van der Waals surface area contributed by atoms with Crippen LogP contribution in [0.1, 0.15) is 26.2 Å². The van der Waals surface area contributed by atoms with E-state index in [1.807, 2.05) is 0 Å². The molecule has 0 aromatic rings. The average molecular weight is 243 g/mol. The van der Waals surface area contributed by atoms with E-state index in [4.69, 9.17) is 5.11 Å². The largest absolute Gasteiger partial charge is 0.481 e. The van der Waals surface area contributed by atoms with E-state index in [9.17, 15) is 14.4 Å². The van der Waals surface area contributed by atoms with Crippen LogP contribution in [0.5, 0.6) is 0 Å². The molecule has 0 aliphatic heterocycles. The van der Waals surface area contributed by atoms with Crippen LogP contribution in [0, 0.1) is 11.8 Å². The number of carboxylic acids is 1. The number of ether oxygens (including phenoxy) is 1. The van der Waals surface area contributed by atoms with Crippen LogP contribution in [-0.4, -0.2) is 36.1 Å². The number of nitrogens with one attached hydrogen (secondary N) is 1. The van der Waals surface area contributed by atoms with Crippen LogP contribution in [0.4, 0.5) is 0 Å². The van der Waals surface area contributed by atoms with Crippen molar-refractivity contribution in [3.63, 3.8) is 0 Å². The smallest absolute Gasteiger partial charge is 0.328 e. The summed E-state index contributed by atoms with van der Waals surface area (Å²) in [5.74, 6) is -3.05. The number of carboxylic acid groups (broad SMARTS) is 1. The van der Waals surface area contributed by atoms with Gasteiger partial charge in [-0.25, -0.2) is 4.79 Å². The maximum absolute atomic E-state index is 11.8. The Balaban J connectivity index is 2.58. The molecule has 1 rings (SSSR count). The Kier molecular flexibility index (Phi) is 4.48. The zero-order chi connectivity index (χ0) is 13.0. The van der Waals surface area contributed by atoms with Gasteiger partial charge in [0.05, 0.1) is 18.9 Å². The molecule has 0 radical (unpaired) electrons. The number of carbonyl (C=O) groups excluding carboxylic acids is 2. The second-order valence-electron chi connectivity index (χ2n) is 4.24. The molecule has 0 saturated heterocycles. The lowest BCUT2D eigenvalue weighted by Crippen LogP contribution is -2.44. The molecule has 2 N–H and O–H groups in total. The Bertz CT molecular complexity index is 328. The Morgan fingerprint density at radius 2 is 1.88 bits per heavy atom. The number of hydrogen-bond donors (Lipinski definition) is 2. The molecule has 6 nitrogen and oxygen atoms in total. The number of esters is 1. The number of methoxy groups -OCH3 is 1. The van der Waals surface area contributed by atoms with Gasteiger partial charge in [-0.05, 0) is 19.8 Å². The highest BCUT2D eigenvalue weighted by Gasteiger charge is 2.38. The van der Waals surface area contributed by atoms with E-state index in [0.29, 0.717) is 12.8 Å². The highest BCUT2D eigenvalue weighted by Crippen LogP contribution is 2.32. The third-order valence-corrected chi connectivity index (χ3v) is 3.08. The normalized spacial score (nSPS) is 25.1. The molecule has 1 aliphatic rings. The van der Waals surface area contributed by atoms with Crippen molar-refractivity contribution in [2.45, 2.75) is 32.2 Å². The van der Waals surface area contributed by atoms with E-state index >= 15 is 0 Å². The minimum absolute atomic E-state index is 0.382. The molecule has 2 unspecified atom stereocenters. The first kappa shape index (κ1) is 13.5. The van der Waals surface area contributed by atoms with Gasteiger partial charge in [0.15, 0.2) is 0 Å². The molecule has 0 bridgehead atoms. The van der Waals surface area contributed by atoms with E-state index in [0.717, 1.165) is 6.42 Å². The fourth-order valence-electron chi connectivity index (χ4n) is 2.13. The number of hydrogen-bond acceptors (Lipinski definition) is 4. The summed E-state index contributed by atoms with van der Waals surface area (Å²) in [6, 6.07) is -0.748. The lowest BCUT2D eigenvalue weighted by atomic mass is 9.95. The van der Waals surface area contributed by atoms with Gasteiger partial charge < -0.3 is 15.2 Å². The quantitative estimate of drug-likeness (QED) is 0.686. The molecule has 3 atom stereocenters. The van der Waals surface area contributed by atoms with Crippen molar-refractivity contribution < 1.29 is 24.2 Å². The number of carbonyl (C=O) groups is 3. The van der Waals surface area contributed by atoms with E-state index in [1.165, 1.54) is 14.0 Å². The average Bonchev–Trinajstić information content (AvgIpc) is 2.76. The van der Waals surface area contributed by atoms with Gasteiger partial charge in [0, 0.05) is 0 Å². The van der Waals surface area contributed by atoms with Gasteiger partial charge >= 0.3 is 11.9 Å². The fraction of sp³-hybridized carbons (Fsp3) is 0.727. The minimum Gasteiger partial charge on any atom is -0.481 e. The Labute approximate surface area is 99.3 Å². The first-order chi connectivity index (χ1) is 7.97. The predicted molar refractivity (Wildman–Crippen MR) is 58.1 cm³/mol. The highest BCUT2D eigenvalue weighted by molar-refractivity contribution is 5.88. The Morgan fingerprint density at radius 3 is 2.41 bits per heavy atom. The summed E-state index contributed by atoms with van der Waals surface area (Å²) in [5.41, 5.74) is 0. The molecule has 0 aromatic heterocycles. The van der Waals surface area contributed by atoms with Gasteiger partial charge in [0.2, 0.25) is 5.91 Å². The van der Waals surface area contributed by atoms with Crippen molar-refractivity contribution in [2.24, 2.45) is 11.8 Å². The zero-order valence-electron chi connectivity index (χ0n) is 9.93. The molecule has 17 heavy (non-hydrogen) atoms. The van der Waals surface area contributed by atoms with Crippen LogP contribution in [0.3, 0.4) is 0 Å². The van der Waals surface area contributed by atoms with Gasteiger partial charge in [0.1, 0.15) is 6.04 Å². The standard InChI is InChI=1S/C11H17NO5/c1-6(11(16)17-2)12-9(13)7-4-3-5-8(7)10(14)15/h6-8H,3-5H2,1-2H3,(H,12,13)(H,14,15)/t6-,7?,8?/m0/s1. The maximum atomic E-state index is 11.8. The molecule has 6 heteroatoms. The van der Waals surface area contributed by atoms with Gasteiger partial charge in [-0.2, -0.15) is 0 Å². The van der Waals surface area contributed by atoms with Gasteiger partial charge in [-0.1, -0.05) is 6.42 Å². The first-order valence-corrected chi connectivity index (χ1v) is 5.58. The third kappa shape index (κ3) is 3.18. The van der Waals surface area contributed by atoms with Gasteiger partial charge in [-0.3, -0.25) is 9.59 Å². The lowest BCUT2D eigenvalue weighted by Gasteiger charge is -2.18. The molecule has 0 aromatic carbocycles. The van der Waals surface area contributed by atoms with Crippen LogP contribution in [0.15, 0.2) is 0 Å². The second kappa shape index (κ2) is 5.65. The van der Waals surface area contributed by atoms with Crippen molar-refractivity contribution >= 4 is 17.8 Å². The number of rotatable bonds is 4. The lowest BCUT2D eigenvalue weighted by molar-refractivity contribution is -0.147. The topological polar surface area (TPSA) is 92.7 Å². The summed E-state index contributed by atoms with van der Waals surface area (Å²) in [6.07, 6.45) is 1.79. The van der Waals surface area contributed by atoms with Gasteiger partial charge in [0.25, 0.3) is 0 Å². The van der Waals surface area contributed by atoms with Crippen LogP contribution in [0.25, 0.3) is 0 Å². The number of aliphatic carboxylic acids is 1. The Hall–Kier alpha value is -1.59. The fourth-order valence-corrected chi connectivity index (χ4v) is 2.13. The minimum atomic E-state index is -0.951. The molecule has 0 heterocycles. The summed E-state index contributed by atoms with van der Waals surface area (Å²) in [4.78, 5) is 33.9. The molecule has 1 amide bonds. The SMILES string of the molecule is COC(=O)[C@H](C)NC(=O)C1CCCC1C(=O)O. The van der Waals surface area contributed by atoms with Crippen molar-refractivity contribution in [3.05, 3.63) is 0 Å². The predicted octanol–water partition coefficient (Wildman–Crippen LogP) is 0.165. The zero-order valence-corrected chi connectivity index (χ0v) is 9.93. The molecular formula is C11H17NO5. The third-order valence-electron chi connectivity index (χ3n) is 3.08. The first-order valence-electron chi connectivity index (χ1n) is 5.58. The summed E-state index contributed by atoms with van der Waals surface area (Å²) >= 11 is 0. The second-order valence-corrected chi connectivity index (χ2v) is 4.24. The number of amides is 1. The van der Waals surface area contributed by atoms with Crippen LogP contribution in [-0.2, 0) is 19.1 Å². The summed E-state index contributed by atoms with van der Waals surface area (Å²) < 4.78 is 4.48. The molecule has 1 fully saturated rings. The van der Waals surface area contributed by atoms with E-state index in [2.05, 4.69) is 10.1 Å². The van der Waals surface area contributed by atoms with E-state index < -0.39 is 29.8 Å². The van der Waals surface area contributed by atoms with Crippen molar-refractivity contribution in [1.82, 2.24) is 5.32 Å². The van der Waals surface area contributed by atoms with Crippen molar-refractivity contribution in [2.75, 3.05) is 7.11 Å². The highest BCUT2D eigenvalue weighted by atomic mass is 16.5. The Morgan fingerprint density at radius 1 is 1.29 bits per heavy atom. The molecule has 96 valence electrons. The van der Waals surface area contributed by atoms with Crippen LogP contribution < -0.4 is 5.32 Å². The maximum Gasteiger partial charge on any atom is 0.328 e. The summed E-state index contributed by atoms with van der Waals surface area (Å²) in [7, 11) is 1.24.